The molecule has 0 aromatic carbocycles. The highest BCUT2D eigenvalue weighted by atomic mass is 14.1. The summed E-state index contributed by atoms with van der Waals surface area (Å²) in [6.45, 7) is 0. The first-order valence-corrected chi connectivity index (χ1v) is 3.49. The van der Waals surface area contributed by atoms with Crippen molar-refractivity contribution < 1.29 is 0 Å². The van der Waals surface area contributed by atoms with E-state index in [2.05, 4.69) is 18.1 Å². The van der Waals surface area contributed by atoms with E-state index >= 15 is 0 Å². The fourth-order valence-corrected chi connectivity index (χ4v) is 1.18. The summed E-state index contributed by atoms with van der Waals surface area (Å²) in [5.74, 6) is 3.06. The van der Waals surface area contributed by atoms with Gasteiger partial charge >= 0.3 is 0 Å². The zero-order chi connectivity index (χ0) is 6.53. The van der Waals surface area contributed by atoms with Crippen molar-refractivity contribution in [2.75, 3.05) is 0 Å². The maximum absolute atomic E-state index is 6.76. The fourth-order valence-electron chi connectivity index (χ4n) is 1.18. The molecule has 0 saturated heterocycles. The van der Waals surface area contributed by atoms with Gasteiger partial charge in [0, 0.05) is 6.42 Å². The third-order valence-corrected chi connectivity index (χ3v) is 1.72. The first kappa shape index (κ1) is 6.42. The van der Waals surface area contributed by atoms with Gasteiger partial charge in [-0.15, -0.1) is 0 Å². The summed E-state index contributed by atoms with van der Waals surface area (Å²) < 4.78 is 0. The van der Waals surface area contributed by atoms with Crippen LogP contribution in [0.2, 0.25) is 0 Å². The predicted octanol–water partition coefficient (Wildman–Crippen LogP) is 2.32. The van der Waals surface area contributed by atoms with Crippen LogP contribution in [-0.4, -0.2) is 0 Å². The second-order valence-corrected chi connectivity index (χ2v) is 2.50. The summed E-state index contributed by atoms with van der Waals surface area (Å²) in [5, 5.41) is 0. The van der Waals surface area contributed by atoms with Crippen molar-refractivity contribution >= 4 is 0 Å². The highest BCUT2D eigenvalue weighted by Gasteiger charge is 2.04. The molecule has 1 radical (unpaired) electrons. The Kier molecular flexibility index (Phi) is 2.39. The molecule has 0 aromatic rings. The number of allylic oxidation sites excluding steroid dienone is 2. The van der Waals surface area contributed by atoms with Crippen LogP contribution in [0.5, 0.6) is 0 Å². The summed E-state index contributed by atoms with van der Waals surface area (Å²) in [4.78, 5) is 0. The van der Waals surface area contributed by atoms with Crippen molar-refractivity contribution in [1.29, 1.82) is 0 Å². The van der Waals surface area contributed by atoms with Gasteiger partial charge in [-0.2, -0.15) is 0 Å². The number of hydrogen-bond donors (Lipinski definition) is 0. The van der Waals surface area contributed by atoms with Gasteiger partial charge in [0.05, 0.1) is 0 Å². The average Bonchev–Trinajstić information content (AvgIpc) is 1.91. The molecule has 1 atom stereocenters. The van der Waals surface area contributed by atoms with Gasteiger partial charge in [-0.1, -0.05) is 18.1 Å². The molecule has 0 N–H and O–H groups in total. The van der Waals surface area contributed by atoms with Crippen LogP contribution in [0.15, 0.2) is 12.2 Å². The topological polar surface area (TPSA) is 0 Å². The van der Waals surface area contributed by atoms with E-state index in [1.165, 1.54) is 19.3 Å². The lowest BCUT2D eigenvalue weighted by Crippen LogP contribution is -1.98. The van der Waals surface area contributed by atoms with Gasteiger partial charge in [0.15, 0.2) is 0 Å². The van der Waals surface area contributed by atoms with Gasteiger partial charge < -0.3 is 0 Å². The third-order valence-electron chi connectivity index (χ3n) is 1.72. The molecule has 0 nitrogen and oxygen atoms in total. The van der Waals surface area contributed by atoms with Crippen molar-refractivity contribution in [2.24, 2.45) is 5.92 Å². The van der Waals surface area contributed by atoms with Gasteiger partial charge in [-0.3, -0.25) is 0 Å². The van der Waals surface area contributed by atoms with E-state index in [0.29, 0.717) is 5.92 Å². The smallest absolute Gasteiger partial charge is 0.0162 e. The fraction of sp³-hybridized carbons (Fsp3) is 0.556. The Hall–Kier alpha value is -0.700. The number of rotatable bonds is 1. The largest absolute Gasteiger partial charge is 0.0885 e. The Balaban J connectivity index is 2.33. The molecule has 0 aromatic heterocycles. The minimum absolute atomic E-state index is 0.622. The van der Waals surface area contributed by atoms with Gasteiger partial charge in [0.2, 0.25) is 0 Å². The first-order chi connectivity index (χ1) is 4.43. The minimum Gasteiger partial charge on any atom is -0.0885 e. The molecule has 0 spiro atoms. The van der Waals surface area contributed by atoms with Crippen molar-refractivity contribution in [2.45, 2.75) is 25.7 Å². The maximum atomic E-state index is 6.76. The molecule has 0 amide bonds. The molecule has 47 valence electrons. The molecule has 0 heterocycles. The highest BCUT2D eigenvalue weighted by molar-refractivity contribution is 4.97. The SMILES string of the molecule is [C]#CCC1C=CCCC1. The van der Waals surface area contributed by atoms with Crippen molar-refractivity contribution in [3.8, 4) is 5.92 Å². The van der Waals surface area contributed by atoms with E-state index in [-0.39, 0.29) is 0 Å². The summed E-state index contributed by atoms with van der Waals surface area (Å²) >= 11 is 0. The predicted molar refractivity (Wildman–Crippen MR) is 38.2 cm³/mol. The van der Waals surface area contributed by atoms with Crippen molar-refractivity contribution in [1.82, 2.24) is 0 Å². The van der Waals surface area contributed by atoms with Crippen LogP contribution in [0.3, 0.4) is 0 Å². The molecular weight excluding hydrogens is 108 g/mol. The standard InChI is InChI=1S/C9H11/c1-2-6-9-7-4-3-5-8-9/h4,7,9H,3,5-6,8H2. The van der Waals surface area contributed by atoms with Gasteiger partial charge in [-0.25, -0.2) is 0 Å². The third kappa shape index (κ3) is 1.93. The molecular formula is C9H11. The molecule has 1 unspecified atom stereocenters. The first-order valence-electron chi connectivity index (χ1n) is 3.49. The van der Waals surface area contributed by atoms with E-state index in [1.54, 1.807) is 0 Å². The molecule has 0 saturated carbocycles. The van der Waals surface area contributed by atoms with Crippen LogP contribution in [0.4, 0.5) is 0 Å². The summed E-state index contributed by atoms with van der Waals surface area (Å²) in [6.07, 6.45) is 15.8. The van der Waals surface area contributed by atoms with Crippen LogP contribution < -0.4 is 0 Å². The lowest BCUT2D eigenvalue weighted by molar-refractivity contribution is 0.553. The Morgan fingerprint density at radius 2 is 2.56 bits per heavy atom. The molecule has 0 fully saturated rings. The molecule has 9 heavy (non-hydrogen) atoms. The number of hydrogen-bond acceptors (Lipinski definition) is 0. The van der Waals surface area contributed by atoms with E-state index < -0.39 is 0 Å². The molecule has 0 bridgehead atoms. The van der Waals surface area contributed by atoms with E-state index in [9.17, 15) is 0 Å². The van der Waals surface area contributed by atoms with Crippen LogP contribution >= 0.6 is 0 Å². The normalized spacial score (nSPS) is 25.4. The van der Waals surface area contributed by atoms with E-state index in [4.69, 9.17) is 6.42 Å². The van der Waals surface area contributed by atoms with Gasteiger partial charge in [-0.05, 0) is 31.6 Å². The maximum Gasteiger partial charge on any atom is 0.0162 e. The molecule has 1 aliphatic rings. The Morgan fingerprint density at radius 1 is 1.67 bits per heavy atom. The second-order valence-electron chi connectivity index (χ2n) is 2.50. The van der Waals surface area contributed by atoms with Crippen molar-refractivity contribution in [3.63, 3.8) is 0 Å². The lowest BCUT2D eigenvalue weighted by Gasteiger charge is -2.11. The van der Waals surface area contributed by atoms with Crippen LogP contribution in [0, 0.1) is 18.3 Å². The van der Waals surface area contributed by atoms with Gasteiger partial charge in [0.1, 0.15) is 0 Å². The van der Waals surface area contributed by atoms with Crippen LogP contribution in [0.25, 0.3) is 0 Å². The Morgan fingerprint density at radius 3 is 3.11 bits per heavy atom. The van der Waals surface area contributed by atoms with E-state index in [0.717, 1.165) is 6.42 Å². The summed E-state index contributed by atoms with van der Waals surface area (Å²) in [5.41, 5.74) is 0. The Labute approximate surface area is 57.0 Å². The quantitative estimate of drug-likeness (QED) is 0.367. The van der Waals surface area contributed by atoms with Crippen molar-refractivity contribution in [3.05, 3.63) is 18.6 Å². The van der Waals surface area contributed by atoms with E-state index in [1.807, 2.05) is 0 Å². The summed E-state index contributed by atoms with van der Waals surface area (Å²) in [6, 6.07) is 0. The highest BCUT2D eigenvalue weighted by Crippen LogP contribution is 2.18. The zero-order valence-electron chi connectivity index (χ0n) is 5.56. The minimum atomic E-state index is 0.622. The van der Waals surface area contributed by atoms with Crippen LogP contribution in [0.1, 0.15) is 25.7 Å². The zero-order valence-corrected chi connectivity index (χ0v) is 5.56. The average molecular weight is 119 g/mol. The lowest BCUT2D eigenvalue weighted by atomic mass is 9.94. The van der Waals surface area contributed by atoms with Crippen LogP contribution in [-0.2, 0) is 0 Å². The monoisotopic (exact) mass is 119 g/mol. The van der Waals surface area contributed by atoms with Gasteiger partial charge in [0.25, 0.3) is 0 Å². The summed E-state index contributed by atoms with van der Waals surface area (Å²) in [7, 11) is 0. The Bertz CT molecular complexity index is 137. The molecule has 0 aliphatic heterocycles. The molecule has 0 heteroatoms. The molecule has 1 aliphatic carbocycles. The second kappa shape index (κ2) is 3.35. The molecule has 1 rings (SSSR count).